The molecule has 2 aromatic carbocycles. The lowest BCUT2D eigenvalue weighted by molar-refractivity contribution is 0.666. The van der Waals surface area contributed by atoms with Crippen LogP contribution >= 0.6 is 15.9 Å². The zero-order chi connectivity index (χ0) is 14.9. The highest BCUT2D eigenvalue weighted by Crippen LogP contribution is 2.30. The minimum atomic E-state index is 0.677. The molecule has 108 valence electrons. The number of nitrogens with one attached hydrogen (secondary N) is 1. The maximum Gasteiger partial charge on any atom is 0.196 e. The van der Waals surface area contributed by atoms with Crippen LogP contribution in [0.15, 0.2) is 63.7 Å². The van der Waals surface area contributed by atoms with Crippen molar-refractivity contribution < 1.29 is 4.42 Å². The molecule has 0 aliphatic carbocycles. The van der Waals surface area contributed by atoms with Crippen molar-refractivity contribution in [1.82, 2.24) is 9.97 Å². The molecular formula is C17H12BrN3O. The van der Waals surface area contributed by atoms with Crippen molar-refractivity contribution in [2.24, 2.45) is 0 Å². The van der Waals surface area contributed by atoms with E-state index in [1.165, 1.54) is 5.56 Å². The van der Waals surface area contributed by atoms with E-state index in [0.717, 1.165) is 21.0 Å². The maximum atomic E-state index is 5.90. The molecule has 22 heavy (non-hydrogen) atoms. The molecule has 2 aromatic heterocycles. The SMILES string of the molecule is Brc1ccc(CNc2ncnc3c2oc2ccccc23)cc1. The molecule has 4 rings (SSSR count). The topological polar surface area (TPSA) is 51.0 Å². The van der Waals surface area contributed by atoms with Gasteiger partial charge in [-0.25, -0.2) is 9.97 Å². The summed E-state index contributed by atoms with van der Waals surface area (Å²) in [4.78, 5) is 8.66. The van der Waals surface area contributed by atoms with E-state index in [0.29, 0.717) is 17.9 Å². The minimum Gasteiger partial charge on any atom is -0.450 e. The summed E-state index contributed by atoms with van der Waals surface area (Å²) in [5.74, 6) is 0.712. The van der Waals surface area contributed by atoms with Crippen LogP contribution in [-0.2, 0) is 6.54 Å². The molecule has 0 fully saturated rings. The highest BCUT2D eigenvalue weighted by atomic mass is 79.9. The average Bonchev–Trinajstić information content (AvgIpc) is 2.94. The molecule has 0 atom stereocenters. The number of nitrogens with zero attached hydrogens (tertiary/aromatic N) is 2. The summed E-state index contributed by atoms with van der Waals surface area (Å²) in [6, 6.07) is 16.0. The molecule has 0 unspecified atom stereocenters. The molecule has 0 spiro atoms. The Labute approximate surface area is 135 Å². The Kier molecular flexibility index (Phi) is 3.27. The highest BCUT2D eigenvalue weighted by molar-refractivity contribution is 9.10. The Morgan fingerprint density at radius 1 is 1.00 bits per heavy atom. The Bertz CT molecular complexity index is 947. The van der Waals surface area contributed by atoms with E-state index in [1.54, 1.807) is 6.33 Å². The van der Waals surface area contributed by atoms with Gasteiger partial charge in [0.25, 0.3) is 0 Å². The van der Waals surface area contributed by atoms with E-state index in [-0.39, 0.29) is 0 Å². The normalized spacial score (nSPS) is 11.1. The van der Waals surface area contributed by atoms with Crippen molar-refractivity contribution in [2.45, 2.75) is 6.54 Å². The third kappa shape index (κ3) is 2.33. The summed E-state index contributed by atoms with van der Waals surface area (Å²) in [5, 5.41) is 4.33. The number of rotatable bonds is 3. The van der Waals surface area contributed by atoms with Crippen molar-refractivity contribution in [3.8, 4) is 0 Å². The fourth-order valence-electron chi connectivity index (χ4n) is 2.44. The molecule has 0 saturated carbocycles. The van der Waals surface area contributed by atoms with Crippen LogP contribution in [0.4, 0.5) is 5.82 Å². The second-order valence-corrected chi connectivity index (χ2v) is 5.89. The maximum absolute atomic E-state index is 5.90. The molecule has 1 N–H and O–H groups in total. The zero-order valence-electron chi connectivity index (χ0n) is 11.6. The van der Waals surface area contributed by atoms with Gasteiger partial charge in [0.15, 0.2) is 11.4 Å². The molecule has 0 aliphatic heterocycles. The van der Waals surface area contributed by atoms with Crippen molar-refractivity contribution in [2.75, 3.05) is 5.32 Å². The van der Waals surface area contributed by atoms with Crippen LogP contribution in [0.5, 0.6) is 0 Å². The van der Waals surface area contributed by atoms with Crippen LogP contribution in [0.25, 0.3) is 22.1 Å². The number of fused-ring (bicyclic) bond motifs is 3. The Balaban J connectivity index is 1.70. The predicted octanol–water partition coefficient (Wildman–Crippen LogP) is 4.75. The van der Waals surface area contributed by atoms with Crippen LogP contribution < -0.4 is 5.32 Å². The number of halogens is 1. The Morgan fingerprint density at radius 3 is 2.68 bits per heavy atom. The summed E-state index contributed by atoms with van der Waals surface area (Å²) >= 11 is 3.44. The third-order valence-electron chi connectivity index (χ3n) is 3.53. The van der Waals surface area contributed by atoms with Gasteiger partial charge < -0.3 is 9.73 Å². The van der Waals surface area contributed by atoms with Gasteiger partial charge in [-0.1, -0.05) is 40.2 Å². The standard InChI is InChI=1S/C17H12BrN3O/c18-12-7-5-11(6-8-12)9-19-17-16-15(20-10-21-17)13-3-1-2-4-14(13)22-16/h1-8,10H,9H2,(H,19,20,21). The molecule has 0 radical (unpaired) electrons. The van der Waals surface area contributed by atoms with Gasteiger partial charge in [0.05, 0.1) is 0 Å². The van der Waals surface area contributed by atoms with Gasteiger partial charge >= 0.3 is 0 Å². The fraction of sp³-hybridized carbons (Fsp3) is 0.0588. The third-order valence-corrected chi connectivity index (χ3v) is 4.06. The lowest BCUT2D eigenvalue weighted by atomic mass is 10.2. The van der Waals surface area contributed by atoms with Crippen LogP contribution in [0.3, 0.4) is 0 Å². The first kappa shape index (κ1) is 13.3. The summed E-state index contributed by atoms with van der Waals surface area (Å²) in [5.41, 5.74) is 3.53. The summed E-state index contributed by atoms with van der Waals surface area (Å²) in [6.07, 6.45) is 1.56. The van der Waals surface area contributed by atoms with E-state index in [9.17, 15) is 0 Å². The van der Waals surface area contributed by atoms with Gasteiger partial charge in [0.2, 0.25) is 0 Å². The molecule has 2 heterocycles. The van der Waals surface area contributed by atoms with Gasteiger partial charge in [-0.15, -0.1) is 0 Å². The Hall–Kier alpha value is -2.40. The first-order valence-corrected chi connectivity index (χ1v) is 7.71. The average molecular weight is 354 g/mol. The summed E-state index contributed by atoms with van der Waals surface area (Å²) < 4.78 is 6.96. The van der Waals surface area contributed by atoms with Crippen molar-refractivity contribution in [3.63, 3.8) is 0 Å². The van der Waals surface area contributed by atoms with Crippen molar-refractivity contribution >= 4 is 43.8 Å². The van der Waals surface area contributed by atoms with E-state index in [2.05, 4.69) is 43.3 Å². The van der Waals surface area contributed by atoms with Crippen LogP contribution in [0, 0.1) is 0 Å². The van der Waals surface area contributed by atoms with E-state index >= 15 is 0 Å². The van der Waals surface area contributed by atoms with E-state index in [4.69, 9.17) is 4.42 Å². The number of hydrogen-bond acceptors (Lipinski definition) is 4. The second kappa shape index (κ2) is 5.42. The van der Waals surface area contributed by atoms with Gasteiger partial charge in [-0.3, -0.25) is 0 Å². The number of aromatic nitrogens is 2. The molecule has 0 saturated heterocycles. The molecule has 0 amide bonds. The van der Waals surface area contributed by atoms with Gasteiger partial charge in [0, 0.05) is 16.4 Å². The fourth-order valence-corrected chi connectivity index (χ4v) is 2.70. The van der Waals surface area contributed by atoms with Crippen LogP contribution in [0.2, 0.25) is 0 Å². The van der Waals surface area contributed by atoms with Gasteiger partial charge in [0.1, 0.15) is 17.4 Å². The summed E-state index contributed by atoms with van der Waals surface area (Å²) in [6.45, 7) is 0.677. The quantitative estimate of drug-likeness (QED) is 0.577. The molecule has 0 aliphatic rings. The smallest absolute Gasteiger partial charge is 0.196 e. The molecular weight excluding hydrogens is 342 g/mol. The van der Waals surface area contributed by atoms with Crippen molar-refractivity contribution in [1.29, 1.82) is 0 Å². The van der Waals surface area contributed by atoms with Crippen molar-refractivity contribution in [3.05, 3.63) is 64.9 Å². The first-order valence-electron chi connectivity index (χ1n) is 6.92. The Morgan fingerprint density at radius 2 is 1.82 bits per heavy atom. The molecule has 4 aromatic rings. The second-order valence-electron chi connectivity index (χ2n) is 4.98. The number of anilines is 1. The molecule has 0 bridgehead atoms. The monoisotopic (exact) mass is 353 g/mol. The lowest BCUT2D eigenvalue weighted by Crippen LogP contribution is -2.01. The molecule has 5 heteroatoms. The minimum absolute atomic E-state index is 0.677. The molecule has 4 nitrogen and oxygen atoms in total. The highest BCUT2D eigenvalue weighted by Gasteiger charge is 2.12. The summed E-state index contributed by atoms with van der Waals surface area (Å²) in [7, 11) is 0. The van der Waals surface area contributed by atoms with E-state index < -0.39 is 0 Å². The first-order chi connectivity index (χ1) is 10.8. The number of benzene rings is 2. The zero-order valence-corrected chi connectivity index (χ0v) is 13.2. The largest absolute Gasteiger partial charge is 0.450 e. The van der Waals surface area contributed by atoms with E-state index in [1.807, 2.05) is 36.4 Å². The lowest BCUT2D eigenvalue weighted by Gasteiger charge is -2.05. The number of furan rings is 1. The van der Waals surface area contributed by atoms with Gasteiger partial charge in [-0.2, -0.15) is 0 Å². The van der Waals surface area contributed by atoms with Gasteiger partial charge in [-0.05, 0) is 29.8 Å². The van der Waals surface area contributed by atoms with Crippen LogP contribution in [-0.4, -0.2) is 9.97 Å². The van der Waals surface area contributed by atoms with Crippen LogP contribution in [0.1, 0.15) is 5.56 Å². The number of para-hydroxylation sites is 1. The predicted molar refractivity (Wildman–Crippen MR) is 90.8 cm³/mol. The number of hydrogen-bond donors (Lipinski definition) is 1.